The fourth-order valence-corrected chi connectivity index (χ4v) is 1.17. The van der Waals surface area contributed by atoms with Gasteiger partial charge in [-0.3, -0.25) is 9.59 Å². The first-order valence-electron chi connectivity index (χ1n) is 5.39. The third kappa shape index (κ3) is 4.61. The Labute approximate surface area is 105 Å². The Hall–Kier alpha value is -2.43. The Bertz CT molecular complexity index is 466. The molecule has 0 atom stereocenters. The van der Waals surface area contributed by atoms with Crippen LogP contribution in [0, 0.1) is 0 Å². The Morgan fingerprint density at radius 2 is 1.83 bits per heavy atom. The number of nitrogens with one attached hydrogen (secondary N) is 2. The zero-order chi connectivity index (χ0) is 13.4. The van der Waals surface area contributed by atoms with E-state index < -0.39 is 17.6 Å². The summed E-state index contributed by atoms with van der Waals surface area (Å²) >= 11 is 0. The van der Waals surface area contributed by atoms with Crippen LogP contribution >= 0.6 is 0 Å². The molecule has 2 N–H and O–H groups in total. The lowest BCUT2D eigenvalue weighted by Crippen LogP contribution is -2.38. The van der Waals surface area contributed by atoms with Crippen molar-refractivity contribution in [1.82, 2.24) is 10.6 Å². The van der Waals surface area contributed by atoms with Crippen molar-refractivity contribution in [1.29, 1.82) is 0 Å². The average Bonchev–Trinajstić information content (AvgIpc) is 2.42. The van der Waals surface area contributed by atoms with Crippen molar-refractivity contribution in [3.63, 3.8) is 0 Å². The van der Waals surface area contributed by atoms with Crippen molar-refractivity contribution in [3.8, 4) is 0 Å². The van der Waals surface area contributed by atoms with Gasteiger partial charge in [0, 0.05) is 7.05 Å². The number of urea groups is 1. The van der Waals surface area contributed by atoms with Gasteiger partial charge in [-0.25, -0.2) is 4.79 Å². The SMILES string of the molecule is CNC(=O)NCC(=O)C(=O)/C=C/c1ccccc1. The van der Waals surface area contributed by atoms with E-state index in [1.165, 1.54) is 13.1 Å². The molecule has 0 aliphatic heterocycles. The van der Waals surface area contributed by atoms with E-state index in [1.807, 2.05) is 30.3 Å². The number of ketones is 2. The van der Waals surface area contributed by atoms with Crippen LogP contribution in [0.3, 0.4) is 0 Å². The zero-order valence-corrected chi connectivity index (χ0v) is 9.97. The van der Waals surface area contributed by atoms with E-state index in [0.29, 0.717) is 0 Å². The Kier molecular flexibility index (Phi) is 5.31. The molecule has 0 bridgehead atoms. The lowest BCUT2D eigenvalue weighted by Gasteiger charge is -2.00. The van der Waals surface area contributed by atoms with Gasteiger partial charge in [-0.1, -0.05) is 36.4 Å². The van der Waals surface area contributed by atoms with Crippen LogP contribution in [0.4, 0.5) is 4.79 Å². The van der Waals surface area contributed by atoms with E-state index in [2.05, 4.69) is 10.6 Å². The molecule has 94 valence electrons. The molecule has 0 spiro atoms. The summed E-state index contributed by atoms with van der Waals surface area (Å²) in [7, 11) is 1.43. The summed E-state index contributed by atoms with van der Waals surface area (Å²) in [6.07, 6.45) is 2.75. The second-order valence-electron chi connectivity index (χ2n) is 3.46. The Morgan fingerprint density at radius 1 is 1.17 bits per heavy atom. The smallest absolute Gasteiger partial charge is 0.314 e. The lowest BCUT2D eigenvalue weighted by atomic mass is 10.1. The summed E-state index contributed by atoms with van der Waals surface area (Å²) in [5.74, 6) is -1.30. The van der Waals surface area contributed by atoms with E-state index in [1.54, 1.807) is 6.08 Å². The number of carbonyl (C=O) groups excluding carboxylic acids is 3. The minimum Gasteiger partial charge on any atom is -0.341 e. The molecule has 0 heterocycles. The maximum absolute atomic E-state index is 11.4. The molecule has 5 nitrogen and oxygen atoms in total. The molecule has 0 aliphatic rings. The van der Waals surface area contributed by atoms with Crippen LogP contribution in [-0.2, 0) is 9.59 Å². The highest BCUT2D eigenvalue weighted by atomic mass is 16.2. The number of benzene rings is 1. The van der Waals surface area contributed by atoms with Crippen LogP contribution in [0.2, 0.25) is 0 Å². The summed E-state index contributed by atoms with van der Waals surface area (Å²) in [5.41, 5.74) is 0.831. The van der Waals surface area contributed by atoms with Crippen molar-refractivity contribution >= 4 is 23.7 Å². The Balaban J connectivity index is 2.48. The van der Waals surface area contributed by atoms with Crippen molar-refractivity contribution in [2.45, 2.75) is 0 Å². The fraction of sp³-hybridized carbons (Fsp3) is 0.154. The highest BCUT2D eigenvalue weighted by Crippen LogP contribution is 2.00. The van der Waals surface area contributed by atoms with Crippen LogP contribution in [-0.4, -0.2) is 31.2 Å². The molecule has 0 aromatic heterocycles. The molecule has 5 heteroatoms. The number of Topliss-reactive ketones (excluding diaryl/α,β-unsaturated/α-hetero) is 1. The van der Waals surface area contributed by atoms with Gasteiger partial charge in [-0.05, 0) is 11.6 Å². The van der Waals surface area contributed by atoms with Gasteiger partial charge in [0.2, 0.25) is 11.6 Å². The van der Waals surface area contributed by atoms with Gasteiger partial charge in [0.25, 0.3) is 0 Å². The van der Waals surface area contributed by atoms with Gasteiger partial charge >= 0.3 is 6.03 Å². The number of amides is 2. The maximum Gasteiger partial charge on any atom is 0.314 e. The molecule has 1 aromatic carbocycles. The van der Waals surface area contributed by atoms with E-state index >= 15 is 0 Å². The molecule has 0 fully saturated rings. The number of rotatable bonds is 5. The van der Waals surface area contributed by atoms with Crippen LogP contribution in [0.25, 0.3) is 6.08 Å². The van der Waals surface area contributed by atoms with Gasteiger partial charge in [-0.2, -0.15) is 0 Å². The molecule has 0 unspecified atom stereocenters. The van der Waals surface area contributed by atoms with Crippen LogP contribution in [0.1, 0.15) is 5.56 Å². The minimum absolute atomic E-state index is 0.308. The first-order valence-corrected chi connectivity index (χ1v) is 5.39. The highest BCUT2D eigenvalue weighted by Gasteiger charge is 2.10. The van der Waals surface area contributed by atoms with Gasteiger partial charge in [0.15, 0.2) is 0 Å². The van der Waals surface area contributed by atoms with E-state index in [4.69, 9.17) is 0 Å². The second kappa shape index (κ2) is 7.01. The van der Waals surface area contributed by atoms with Crippen LogP contribution in [0.15, 0.2) is 36.4 Å². The third-order valence-corrected chi connectivity index (χ3v) is 2.14. The number of carbonyl (C=O) groups is 3. The number of allylic oxidation sites excluding steroid dienone is 1. The first-order chi connectivity index (χ1) is 8.63. The Morgan fingerprint density at radius 3 is 2.44 bits per heavy atom. The molecular formula is C13H14N2O3. The molecule has 1 rings (SSSR count). The van der Waals surface area contributed by atoms with Crippen molar-refractivity contribution in [2.24, 2.45) is 0 Å². The molecule has 0 aliphatic carbocycles. The lowest BCUT2D eigenvalue weighted by molar-refractivity contribution is -0.133. The largest absolute Gasteiger partial charge is 0.341 e. The number of hydrogen-bond donors (Lipinski definition) is 2. The molecule has 18 heavy (non-hydrogen) atoms. The molecule has 0 saturated carbocycles. The zero-order valence-electron chi connectivity index (χ0n) is 9.97. The maximum atomic E-state index is 11.4. The molecular weight excluding hydrogens is 232 g/mol. The molecule has 1 aromatic rings. The fourth-order valence-electron chi connectivity index (χ4n) is 1.17. The molecule has 0 saturated heterocycles. The first kappa shape index (κ1) is 13.6. The average molecular weight is 246 g/mol. The van der Waals surface area contributed by atoms with E-state index in [-0.39, 0.29) is 6.54 Å². The summed E-state index contributed by atoms with van der Waals surface area (Å²) < 4.78 is 0. The second-order valence-corrected chi connectivity index (χ2v) is 3.46. The van der Waals surface area contributed by atoms with E-state index in [9.17, 15) is 14.4 Å². The van der Waals surface area contributed by atoms with Crippen molar-refractivity contribution in [2.75, 3.05) is 13.6 Å². The summed E-state index contributed by atoms with van der Waals surface area (Å²) in [6.45, 7) is -0.308. The monoisotopic (exact) mass is 246 g/mol. The van der Waals surface area contributed by atoms with Gasteiger partial charge in [0.05, 0.1) is 6.54 Å². The van der Waals surface area contributed by atoms with E-state index in [0.717, 1.165) is 5.56 Å². The third-order valence-electron chi connectivity index (χ3n) is 2.14. The summed E-state index contributed by atoms with van der Waals surface area (Å²) in [5, 5.41) is 4.54. The predicted molar refractivity (Wildman–Crippen MR) is 67.9 cm³/mol. The standard InChI is InChI=1S/C13H14N2O3/c1-14-13(18)15-9-12(17)11(16)8-7-10-5-3-2-4-6-10/h2-8H,9H2,1H3,(H2,14,15,18)/b8-7+. The predicted octanol–water partition coefficient (Wildman–Crippen LogP) is 0.767. The van der Waals surface area contributed by atoms with Gasteiger partial charge in [-0.15, -0.1) is 0 Å². The van der Waals surface area contributed by atoms with Gasteiger partial charge < -0.3 is 10.6 Å². The van der Waals surface area contributed by atoms with Crippen molar-refractivity contribution in [3.05, 3.63) is 42.0 Å². The van der Waals surface area contributed by atoms with Gasteiger partial charge in [0.1, 0.15) is 0 Å². The minimum atomic E-state index is -0.661. The molecule has 2 amide bonds. The van der Waals surface area contributed by atoms with Crippen LogP contribution in [0.5, 0.6) is 0 Å². The highest BCUT2D eigenvalue weighted by molar-refractivity contribution is 6.43. The van der Waals surface area contributed by atoms with Crippen molar-refractivity contribution < 1.29 is 14.4 Å². The summed E-state index contributed by atoms with van der Waals surface area (Å²) in [4.78, 5) is 33.6. The normalized spacial score (nSPS) is 10.1. The van der Waals surface area contributed by atoms with Crippen LogP contribution < -0.4 is 10.6 Å². The number of hydrogen-bond acceptors (Lipinski definition) is 3. The quantitative estimate of drug-likeness (QED) is 0.595. The topological polar surface area (TPSA) is 75.3 Å². The summed E-state index contributed by atoms with van der Waals surface area (Å²) in [6, 6.07) is 8.66. The molecule has 0 radical (unpaired) electrons.